The van der Waals surface area contributed by atoms with Gasteiger partial charge < -0.3 is 10.2 Å². The standard InChI is InChI=1S/C22H20ClN5OS/c1-15-2-4-16(5-3-15)14-29-20-7-6-19(23)12-18(20)13-25-28-21(26-27-22(28)30)17-8-10-24-11-9-17/h2-12,25H,13-14H2,1H3,(H,27,30). The number of aryl methyl sites for hydroxylation is 1. The maximum atomic E-state index is 6.23. The fraction of sp³-hybridized carbons (Fsp3) is 0.136. The molecule has 0 aliphatic rings. The molecular formula is C22H20ClN5OS. The van der Waals surface area contributed by atoms with Crippen molar-refractivity contribution in [3.63, 3.8) is 0 Å². The van der Waals surface area contributed by atoms with Crippen molar-refractivity contribution < 1.29 is 4.74 Å². The van der Waals surface area contributed by atoms with Crippen molar-refractivity contribution >= 4 is 23.8 Å². The van der Waals surface area contributed by atoms with Gasteiger partial charge in [0.25, 0.3) is 0 Å². The van der Waals surface area contributed by atoms with Crippen LogP contribution in [0.4, 0.5) is 0 Å². The Balaban J connectivity index is 1.53. The Kier molecular flexibility index (Phi) is 6.11. The normalized spacial score (nSPS) is 10.7. The Morgan fingerprint density at radius 2 is 1.87 bits per heavy atom. The smallest absolute Gasteiger partial charge is 0.214 e. The number of ether oxygens (including phenoxy) is 1. The van der Waals surface area contributed by atoms with Gasteiger partial charge in [0, 0.05) is 28.5 Å². The number of H-pyrrole nitrogens is 1. The van der Waals surface area contributed by atoms with Gasteiger partial charge in [-0.2, -0.15) is 5.10 Å². The molecule has 0 saturated carbocycles. The molecule has 0 atom stereocenters. The maximum absolute atomic E-state index is 6.23. The van der Waals surface area contributed by atoms with Crippen molar-refractivity contribution in [2.24, 2.45) is 0 Å². The Morgan fingerprint density at radius 1 is 1.10 bits per heavy atom. The zero-order valence-corrected chi connectivity index (χ0v) is 17.9. The summed E-state index contributed by atoms with van der Waals surface area (Å²) in [7, 11) is 0. The highest BCUT2D eigenvalue weighted by Gasteiger charge is 2.11. The molecule has 8 heteroatoms. The van der Waals surface area contributed by atoms with Gasteiger partial charge in [-0.15, -0.1) is 0 Å². The lowest BCUT2D eigenvalue weighted by atomic mass is 10.1. The summed E-state index contributed by atoms with van der Waals surface area (Å²) in [4.78, 5) is 4.05. The van der Waals surface area contributed by atoms with E-state index in [4.69, 9.17) is 28.6 Å². The Morgan fingerprint density at radius 3 is 2.63 bits per heavy atom. The highest BCUT2D eigenvalue weighted by molar-refractivity contribution is 7.71. The lowest BCUT2D eigenvalue weighted by Crippen LogP contribution is -2.16. The molecule has 30 heavy (non-hydrogen) atoms. The van der Waals surface area contributed by atoms with Crippen LogP contribution in [-0.2, 0) is 13.2 Å². The predicted octanol–water partition coefficient (Wildman–Crippen LogP) is 5.29. The van der Waals surface area contributed by atoms with E-state index < -0.39 is 0 Å². The third-order valence-electron chi connectivity index (χ3n) is 4.58. The second-order valence-corrected chi connectivity index (χ2v) is 7.61. The van der Waals surface area contributed by atoms with E-state index >= 15 is 0 Å². The summed E-state index contributed by atoms with van der Waals surface area (Å²) in [6.07, 6.45) is 3.43. The predicted molar refractivity (Wildman–Crippen MR) is 121 cm³/mol. The molecule has 2 N–H and O–H groups in total. The zero-order chi connectivity index (χ0) is 20.9. The lowest BCUT2D eigenvalue weighted by molar-refractivity contribution is 0.303. The van der Waals surface area contributed by atoms with Crippen LogP contribution in [0.25, 0.3) is 11.4 Å². The molecule has 152 valence electrons. The fourth-order valence-electron chi connectivity index (χ4n) is 2.97. The van der Waals surface area contributed by atoms with Gasteiger partial charge in [-0.1, -0.05) is 41.4 Å². The van der Waals surface area contributed by atoms with Crippen molar-refractivity contribution in [3.8, 4) is 17.1 Å². The summed E-state index contributed by atoms with van der Waals surface area (Å²) in [5.74, 6) is 1.43. The number of nitrogens with zero attached hydrogens (tertiary/aromatic N) is 3. The van der Waals surface area contributed by atoms with Crippen LogP contribution in [0.2, 0.25) is 5.02 Å². The molecule has 2 aromatic carbocycles. The number of benzene rings is 2. The van der Waals surface area contributed by atoms with Gasteiger partial charge in [-0.25, -0.2) is 9.77 Å². The minimum absolute atomic E-state index is 0.454. The van der Waals surface area contributed by atoms with Crippen molar-refractivity contribution in [3.05, 3.63) is 93.5 Å². The fourth-order valence-corrected chi connectivity index (χ4v) is 3.37. The number of halogens is 1. The summed E-state index contributed by atoms with van der Waals surface area (Å²) in [5, 5.41) is 7.78. The van der Waals surface area contributed by atoms with Crippen molar-refractivity contribution in [2.45, 2.75) is 20.1 Å². The molecular weight excluding hydrogens is 418 g/mol. The number of aromatic nitrogens is 4. The second-order valence-electron chi connectivity index (χ2n) is 6.78. The molecule has 0 aliphatic carbocycles. The van der Waals surface area contributed by atoms with Gasteiger partial charge in [-0.05, 0) is 55.0 Å². The van der Waals surface area contributed by atoms with E-state index in [1.54, 1.807) is 17.1 Å². The minimum Gasteiger partial charge on any atom is -0.489 e. The number of rotatable bonds is 7. The Labute approximate surface area is 184 Å². The van der Waals surface area contributed by atoms with E-state index in [1.807, 2.05) is 30.3 Å². The molecule has 2 aromatic heterocycles. The molecule has 4 rings (SSSR count). The molecule has 6 nitrogen and oxygen atoms in total. The SMILES string of the molecule is Cc1ccc(COc2ccc(Cl)cc2CNn2c(-c3ccncc3)n[nH]c2=S)cc1. The number of pyridine rings is 1. The average molecular weight is 438 g/mol. The van der Waals surface area contributed by atoms with Gasteiger partial charge in [0.15, 0.2) is 5.82 Å². The highest BCUT2D eigenvalue weighted by atomic mass is 35.5. The Hall–Kier alpha value is -3.16. The van der Waals surface area contributed by atoms with E-state index in [-0.39, 0.29) is 0 Å². The van der Waals surface area contributed by atoms with Gasteiger partial charge in [0.1, 0.15) is 12.4 Å². The molecule has 0 aliphatic heterocycles. The summed E-state index contributed by atoms with van der Waals surface area (Å²) in [5.41, 5.74) is 7.44. The number of hydrogen-bond acceptors (Lipinski definition) is 5. The van der Waals surface area contributed by atoms with Crippen molar-refractivity contribution in [1.29, 1.82) is 0 Å². The van der Waals surface area contributed by atoms with Crippen LogP contribution < -0.4 is 10.2 Å². The van der Waals surface area contributed by atoms with Gasteiger partial charge in [0.05, 0.1) is 6.54 Å². The molecule has 0 fully saturated rings. The van der Waals surface area contributed by atoms with Crippen LogP contribution >= 0.6 is 23.8 Å². The van der Waals surface area contributed by atoms with E-state index in [0.717, 1.165) is 22.4 Å². The molecule has 0 saturated heterocycles. The molecule has 0 radical (unpaired) electrons. The topological polar surface area (TPSA) is 67.8 Å². The van der Waals surface area contributed by atoms with Gasteiger partial charge >= 0.3 is 0 Å². The third-order valence-corrected chi connectivity index (χ3v) is 5.08. The highest BCUT2D eigenvalue weighted by Crippen LogP contribution is 2.25. The lowest BCUT2D eigenvalue weighted by Gasteiger charge is -2.15. The van der Waals surface area contributed by atoms with Gasteiger partial charge in [0.2, 0.25) is 4.77 Å². The van der Waals surface area contributed by atoms with Crippen molar-refractivity contribution in [2.75, 3.05) is 5.43 Å². The first-order valence-electron chi connectivity index (χ1n) is 9.38. The number of nitrogens with one attached hydrogen (secondary N) is 2. The third kappa shape index (κ3) is 4.69. The second kappa shape index (κ2) is 9.11. The van der Waals surface area contributed by atoms with E-state index in [9.17, 15) is 0 Å². The number of hydrogen-bond donors (Lipinski definition) is 2. The van der Waals surface area contributed by atoms with E-state index in [0.29, 0.717) is 28.8 Å². The van der Waals surface area contributed by atoms with Crippen LogP contribution in [0.15, 0.2) is 67.0 Å². The average Bonchev–Trinajstić information content (AvgIpc) is 3.13. The zero-order valence-electron chi connectivity index (χ0n) is 16.3. The monoisotopic (exact) mass is 437 g/mol. The van der Waals surface area contributed by atoms with E-state index in [2.05, 4.69) is 51.8 Å². The first kappa shape index (κ1) is 20.1. The first-order valence-corrected chi connectivity index (χ1v) is 10.2. The molecule has 4 aromatic rings. The van der Waals surface area contributed by atoms with Gasteiger partial charge in [-0.3, -0.25) is 4.98 Å². The summed E-state index contributed by atoms with van der Waals surface area (Å²) in [6.45, 7) is 2.99. The Bertz CT molecular complexity index is 1190. The van der Waals surface area contributed by atoms with Crippen LogP contribution in [0.5, 0.6) is 5.75 Å². The molecule has 0 amide bonds. The van der Waals surface area contributed by atoms with Crippen molar-refractivity contribution in [1.82, 2.24) is 19.9 Å². The summed E-state index contributed by atoms with van der Waals surface area (Å²) >= 11 is 11.6. The summed E-state index contributed by atoms with van der Waals surface area (Å²) in [6, 6.07) is 17.6. The van der Waals surface area contributed by atoms with Crippen LogP contribution in [-0.4, -0.2) is 19.9 Å². The largest absolute Gasteiger partial charge is 0.489 e. The van der Waals surface area contributed by atoms with Crippen LogP contribution in [0.3, 0.4) is 0 Å². The van der Waals surface area contributed by atoms with Crippen LogP contribution in [0, 0.1) is 11.7 Å². The first-order chi connectivity index (χ1) is 14.6. The molecule has 0 unspecified atom stereocenters. The van der Waals surface area contributed by atoms with Crippen LogP contribution in [0.1, 0.15) is 16.7 Å². The minimum atomic E-state index is 0.454. The maximum Gasteiger partial charge on any atom is 0.214 e. The molecule has 0 spiro atoms. The quantitative estimate of drug-likeness (QED) is 0.384. The van der Waals surface area contributed by atoms with E-state index in [1.165, 1.54) is 5.56 Å². The summed E-state index contributed by atoms with van der Waals surface area (Å²) < 4.78 is 8.26. The number of aromatic amines is 1. The molecule has 0 bridgehead atoms. The molecule has 2 heterocycles.